The zero-order valence-electron chi connectivity index (χ0n) is 8.57. The van der Waals surface area contributed by atoms with Gasteiger partial charge in [0.15, 0.2) is 5.78 Å². The molecule has 0 saturated carbocycles. The van der Waals surface area contributed by atoms with Gasteiger partial charge in [0.05, 0.1) is 5.60 Å². The Morgan fingerprint density at radius 2 is 2.00 bits per heavy atom. The third kappa shape index (κ3) is 2.12. The second-order valence-corrected chi connectivity index (χ2v) is 4.28. The van der Waals surface area contributed by atoms with Gasteiger partial charge in [0.25, 0.3) is 0 Å². The number of carboxylic acid groups (broad SMARTS) is 1. The summed E-state index contributed by atoms with van der Waals surface area (Å²) in [6.07, 6.45) is 1.89. The summed E-state index contributed by atoms with van der Waals surface area (Å²) in [5, 5.41) is 8.80. The standard InChI is InChI=1S/C10H15NO4/c12-8-1-2-10(15-7-8)3-5-11(6-4-10)9(13)14/h1-7H2,(H,13,14). The molecule has 15 heavy (non-hydrogen) atoms. The molecular weight excluding hydrogens is 198 g/mol. The molecule has 2 aliphatic heterocycles. The Balaban J connectivity index is 1.92. The number of likely N-dealkylation sites (tertiary alicyclic amines) is 1. The van der Waals surface area contributed by atoms with E-state index in [1.54, 1.807) is 0 Å². The first-order chi connectivity index (χ1) is 7.11. The van der Waals surface area contributed by atoms with E-state index in [4.69, 9.17) is 9.84 Å². The molecule has 2 heterocycles. The number of ether oxygens (including phenoxy) is 1. The molecule has 0 bridgehead atoms. The van der Waals surface area contributed by atoms with Crippen LogP contribution in [-0.2, 0) is 9.53 Å². The zero-order chi connectivity index (χ0) is 10.9. The Bertz CT molecular complexity index is 269. The molecule has 0 aromatic rings. The number of Topliss-reactive ketones (excluding diaryl/α,β-unsaturated/α-hetero) is 1. The first kappa shape index (κ1) is 10.4. The van der Waals surface area contributed by atoms with Crippen molar-refractivity contribution in [2.24, 2.45) is 0 Å². The van der Waals surface area contributed by atoms with Crippen molar-refractivity contribution in [3.8, 4) is 0 Å². The molecule has 0 aromatic heterocycles. The number of ketones is 1. The number of hydrogen-bond acceptors (Lipinski definition) is 3. The minimum absolute atomic E-state index is 0.154. The summed E-state index contributed by atoms with van der Waals surface area (Å²) in [7, 11) is 0. The molecule has 0 radical (unpaired) electrons. The summed E-state index contributed by atoms with van der Waals surface area (Å²) in [5.74, 6) is 0.154. The monoisotopic (exact) mass is 213 g/mol. The van der Waals surface area contributed by atoms with Gasteiger partial charge in [-0.25, -0.2) is 4.79 Å². The number of piperidine rings is 1. The summed E-state index contributed by atoms with van der Waals surface area (Å²) in [6.45, 7) is 1.24. The maximum atomic E-state index is 11.0. The van der Waals surface area contributed by atoms with Gasteiger partial charge in [-0.1, -0.05) is 0 Å². The van der Waals surface area contributed by atoms with Crippen molar-refractivity contribution in [3.05, 3.63) is 0 Å². The van der Waals surface area contributed by atoms with Crippen molar-refractivity contribution >= 4 is 11.9 Å². The number of hydrogen-bond donors (Lipinski definition) is 1. The highest BCUT2D eigenvalue weighted by molar-refractivity contribution is 5.80. The van der Waals surface area contributed by atoms with E-state index in [1.807, 2.05) is 0 Å². The van der Waals surface area contributed by atoms with E-state index < -0.39 is 6.09 Å². The van der Waals surface area contributed by atoms with Crippen LogP contribution >= 0.6 is 0 Å². The Morgan fingerprint density at radius 1 is 1.33 bits per heavy atom. The van der Waals surface area contributed by atoms with Crippen LogP contribution < -0.4 is 0 Å². The number of rotatable bonds is 0. The van der Waals surface area contributed by atoms with Crippen molar-refractivity contribution in [2.75, 3.05) is 19.7 Å². The lowest BCUT2D eigenvalue weighted by molar-refractivity contribution is -0.149. The molecule has 0 aliphatic carbocycles. The third-order valence-corrected chi connectivity index (χ3v) is 3.34. The molecule has 5 nitrogen and oxygen atoms in total. The first-order valence-electron chi connectivity index (χ1n) is 5.25. The molecule has 2 aliphatic rings. The first-order valence-corrected chi connectivity index (χ1v) is 5.25. The van der Waals surface area contributed by atoms with Crippen molar-refractivity contribution in [2.45, 2.75) is 31.3 Å². The van der Waals surface area contributed by atoms with Crippen molar-refractivity contribution in [1.29, 1.82) is 0 Å². The summed E-state index contributed by atoms with van der Waals surface area (Å²) in [5.41, 5.74) is -0.222. The average molecular weight is 213 g/mol. The Morgan fingerprint density at radius 3 is 2.47 bits per heavy atom. The quantitative estimate of drug-likeness (QED) is 0.648. The van der Waals surface area contributed by atoms with E-state index in [0.29, 0.717) is 32.4 Å². The summed E-state index contributed by atoms with van der Waals surface area (Å²) in [6, 6.07) is 0. The lowest BCUT2D eigenvalue weighted by Crippen LogP contribution is -2.50. The van der Waals surface area contributed by atoms with E-state index in [-0.39, 0.29) is 18.0 Å². The normalized spacial score (nSPS) is 25.6. The predicted octanol–water partition coefficient (Wildman–Crippen LogP) is 0.879. The van der Waals surface area contributed by atoms with Gasteiger partial charge in [-0.2, -0.15) is 0 Å². The highest BCUT2D eigenvalue weighted by Crippen LogP contribution is 2.33. The van der Waals surface area contributed by atoms with Crippen LogP contribution in [0, 0.1) is 0 Å². The second kappa shape index (κ2) is 3.81. The van der Waals surface area contributed by atoms with E-state index in [0.717, 1.165) is 6.42 Å². The minimum Gasteiger partial charge on any atom is -0.465 e. The fourth-order valence-electron chi connectivity index (χ4n) is 2.25. The summed E-state index contributed by atoms with van der Waals surface area (Å²) < 4.78 is 5.58. The summed E-state index contributed by atoms with van der Waals surface area (Å²) in [4.78, 5) is 23.1. The molecule has 1 N–H and O–H groups in total. The molecule has 2 fully saturated rings. The molecular formula is C10H15NO4. The third-order valence-electron chi connectivity index (χ3n) is 3.34. The Labute approximate surface area is 88.0 Å². The van der Waals surface area contributed by atoms with E-state index >= 15 is 0 Å². The van der Waals surface area contributed by atoms with Crippen LogP contribution in [-0.4, -0.2) is 47.2 Å². The van der Waals surface area contributed by atoms with Crippen LogP contribution in [0.1, 0.15) is 25.7 Å². The van der Waals surface area contributed by atoms with Crippen molar-refractivity contribution in [1.82, 2.24) is 4.90 Å². The average Bonchev–Trinajstić information content (AvgIpc) is 2.24. The molecule has 0 unspecified atom stereocenters. The zero-order valence-corrected chi connectivity index (χ0v) is 8.57. The predicted molar refractivity (Wildman–Crippen MR) is 51.8 cm³/mol. The molecule has 2 saturated heterocycles. The molecule has 1 amide bonds. The molecule has 0 aromatic carbocycles. The minimum atomic E-state index is -0.864. The largest absolute Gasteiger partial charge is 0.465 e. The van der Waals surface area contributed by atoms with E-state index in [2.05, 4.69) is 0 Å². The van der Waals surface area contributed by atoms with Gasteiger partial charge in [0.2, 0.25) is 0 Å². The van der Waals surface area contributed by atoms with Gasteiger partial charge in [0.1, 0.15) is 6.61 Å². The van der Waals surface area contributed by atoms with Crippen LogP contribution in [0.3, 0.4) is 0 Å². The lowest BCUT2D eigenvalue weighted by atomic mass is 9.84. The van der Waals surface area contributed by atoms with Gasteiger partial charge >= 0.3 is 6.09 Å². The van der Waals surface area contributed by atoms with Crippen molar-refractivity contribution < 1.29 is 19.4 Å². The highest BCUT2D eigenvalue weighted by atomic mass is 16.5. The maximum absolute atomic E-state index is 11.0. The van der Waals surface area contributed by atoms with Crippen LogP contribution in [0.25, 0.3) is 0 Å². The smallest absolute Gasteiger partial charge is 0.407 e. The maximum Gasteiger partial charge on any atom is 0.407 e. The Kier molecular flexibility index (Phi) is 2.65. The van der Waals surface area contributed by atoms with Crippen LogP contribution in [0.2, 0.25) is 0 Å². The molecule has 5 heteroatoms. The van der Waals surface area contributed by atoms with Crippen LogP contribution in [0.5, 0.6) is 0 Å². The van der Waals surface area contributed by atoms with E-state index in [1.165, 1.54) is 4.90 Å². The van der Waals surface area contributed by atoms with E-state index in [9.17, 15) is 9.59 Å². The molecule has 0 atom stereocenters. The number of carbonyl (C=O) groups excluding carboxylic acids is 1. The fourth-order valence-corrected chi connectivity index (χ4v) is 2.25. The van der Waals surface area contributed by atoms with Gasteiger partial charge in [0, 0.05) is 19.5 Å². The fraction of sp³-hybridized carbons (Fsp3) is 0.800. The topological polar surface area (TPSA) is 66.8 Å². The van der Waals surface area contributed by atoms with Crippen molar-refractivity contribution in [3.63, 3.8) is 0 Å². The van der Waals surface area contributed by atoms with Gasteiger partial charge in [-0.05, 0) is 19.3 Å². The van der Waals surface area contributed by atoms with Crippen LogP contribution in [0.4, 0.5) is 4.79 Å². The van der Waals surface area contributed by atoms with Gasteiger partial charge < -0.3 is 14.7 Å². The Hall–Kier alpha value is -1.10. The SMILES string of the molecule is O=C1CCC2(CCN(C(=O)O)CC2)OC1. The second-order valence-electron chi connectivity index (χ2n) is 4.28. The summed E-state index contributed by atoms with van der Waals surface area (Å²) >= 11 is 0. The lowest BCUT2D eigenvalue weighted by Gasteiger charge is -2.42. The highest BCUT2D eigenvalue weighted by Gasteiger charge is 2.39. The molecule has 2 rings (SSSR count). The van der Waals surface area contributed by atoms with Crippen LogP contribution in [0.15, 0.2) is 0 Å². The van der Waals surface area contributed by atoms with Gasteiger partial charge in [-0.3, -0.25) is 4.79 Å². The van der Waals surface area contributed by atoms with Gasteiger partial charge in [-0.15, -0.1) is 0 Å². The number of nitrogens with zero attached hydrogens (tertiary/aromatic N) is 1. The number of carbonyl (C=O) groups is 2. The molecule has 84 valence electrons. The number of amides is 1. The molecule has 1 spiro atoms.